The molecular weight excluding hydrogens is 304 g/mol. The van der Waals surface area contributed by atoms with Crippen molar-refractivity contribution in [2.75, 3.05) is 0 Å². The molecule has 7 heteroatoms. The molecule has 0 aliphatic rings. The average Bonchev–Trinajstić information content (AvgIpc) is 3.16. The Kier molecular flexibility index (Phi) is 2.87. The summed E-state index contributed by atoms with van der Waals surface area (Å²) in [5, 5.41) is 4.29. The molecule has 0 unspecified atom stereocenters. The van der Waals surface area contributed by atoms with Crippen molar-refractivity contribution in [1.29, 1.82) is 0 Å². The Balaban J connectivity index is 1.98. The second-order valence-electron chi connectivity index (χ2n) is 4.97. The first-order valence-corrected chi connectivity index (χ1v) is 6.75. The quantitative estimate of drug-likeness (QED) is 0.595. The first-order valence-electron chi connectivity index (χ1n) is 6.75. The van der Waals surface area contributed by atoms with Gasteiger partial charge in [0.2, 0.25) is 0 Å². The van der Waals surface area contributed by atoms with Crippen LogP contribution >= 0.6 is 0 Å². The molecule has 0 amide bonds. The Morgan fingerprint density at radius 1 is 1.04 bits per heavy atom. The summed E-state index contributed by atoms with van der Waals surface area (Å²) < 4.78 is 32.8. The van der Waals surface area contributed by atoms with Gasteiger partial charge in [-0.3, -0.25) is 4.79 Å². The lowest BCUT2D eigenvalue weighted by molar-refractivity contribution is 0.432. The molecule has 0 saturated carbocycles. The zero-order valence-electron chi connectivity index (χ0n) is 11.6. The van der Waals surface area contributed by atoms with Gasteiger partial charge in [0.25, 0.3) is 5.56 Å². The van der Waals surface area contributed by atoms with Crippen LogP contribution in [0.4, 0.5) is 8.78 Å². The monoisotopic (exact) mass is 313 g/mol. The van der Waals surface area contributed by atoms with E-state index in [4.69, 9.17) is 4.52 Å². The van der Waals surface area contributed by atoms with Crippen LogP contribution in [-0.2, 0) is 0 Å². The molecule has 23 heavy (non-hydrogen) atoms. The van der Waals surface area contributed by atoms with Gasteiger partial charge in [0.15, 0.2) is 17.4 Å². The van der Waals surface area contributed by atoms with Gasteiger partial charge in [-0.05, 0) is 12.1 Å². The van der Waals surface area contributed by atoms with Crippen LogP contribution in [0.1, 0.15) is 0 Å². The predicted octanol–water partition coefficient (Wildman–Crippen LogP) is 3.46. The van der Waals surface area contributed by atoms with Crippen molar-refractivity contribution in [3.05, 3.63) is 64.8 Å². The third-order valence-corrected chi connectivity index (χ3v) is 3.67. The lowest BCUT2D eigenvalue weighted by atomic mass is 10.0. The Hall–Kier alpha value is -3.22. The zero-order valence-corrected chi connectivity index (χ0v) is 11.6. The van der Waals surface area contributed by atoms with E-state index in [-0.39, 0.29) is 16.9 Å². The lowest BCUT2D eigenvalue weighted by Crippen LogP contribution is -2.03. The van der Waals surface area contributed by atoms with Gasteiger partial charge in [0.1, 0.15) is 5.52 Å². The highest BCUT2D eigenvalue weighted by molar-refractivity contribution is 5.97. The molecule has 0 fully saturated rings. The summed E-state index contributed by atoms with van der Waals surface area (Å²) in [6, 6.07) is 5.58. The maximum absolute atomic E-state index is 14.1. The number of H-pyrrole nitrogens is 2. The van der Waals surface area contributed by atoms with Crippen LogP contribution in [0.25, 0.3) is 33.4 Å². The molecule has 2 N–H and O–H groups in total. The number of halogens is 2. The van der Waals surface area contributed by atoms with E-state index in [0.29, 0.717) is 22.0 Å². The Morgan fingerprint density at radius 3 is 2.78 bits per heavy atom. The molecule has 0 atom stereocenters. The van der Waals surface area contributed by atoms with E-state index < -0.39 is 11.6 Å². The number of hydrogen-bond acceptors (Lipinski definition) is 3. The maximum Gasteiger partial charge on any atom is 0.272 e. The number of rotatable bonds is 2. The van der Waals surface area contributed by atoms with E-state index >= 15 is 0 Å². The molecule has 4 rings (SSSR count). The Morgan fingerprint density at radius 2 is 1.91 bits per heavy atom. The van der Waals surface area contributed by atoms with E-state index in [2.05, 4.69) is 15.1 Å². The number of nitrogens with zero attached hydrogens (tertiary/aromatic N) is 1. The highest BCUT2D eigenvalue weighted by Gasteiger charge is 2.20. The first-order chi connectivity index (χ1) is 11.2. The minimum Gasteiger partial charge on any atom is -0.356 e. The molecule has 114 valence electrons. The van der Waals surface area contributed by atoms with Gasteiger partial charge in [-0.15, -0.1) is 0 Å². The maximum atomic E-state index is 14.1. The van der Waals surface area contributed by atoms with E-state index in [0.717, 1.165) is 6.07 Å². The summed E-state index contributed by atoms with van der Waals surface area (Å²) in [6.07, 6.45) is 4.39. The van der Waals surface area contributed by atoms with Crippen molar-refractivity contribution in [2.24, 2.45) is 0 Å². The van der Waals surface area contributed by atoms with Gasteiger partial charge in [-0.1, -0.05) is 17.3 Å². The number of pyridine rings is 1. The number of benzene rings is 1. The summed E-state index contributed by atoms with van der Waals surface area (Å²) in [5.74, 6) is -1.67. The van der Waals surface area contributed by atoms with Gasteiger partial charge in [0, 0.05) is 28.9 Å². The number of aromatic nitrogens is 3. The van der Waals surface area contributed by atoms with Gasteiger partial charge in [0.05, 0.1) is 11.8 Å². The standard InChI is InChI=1S/C16H9F2N3O2/c17-12-3-1-2-8(13(12)18)11-7-21-23-15(11)10-6-20-14-9(10)4-5-19-16(14)22/h1-7,20H,(H,19,22). The van der Waals surface area contributed by atoms with Crippen molar-refractivity contribution in [3.63, 3.8) is 0 Å². The molecule has 3 aromatic heterocycles. The minimum atomic E-state index is -0.977. The van der Waals surface area contributed by atoms with Crippen molar-refractivity contribution in [3.8, 4) is 22.5 Å². The highest BCUT2D eigenvalue weighted by Crippen LogP contribution is 2.36. The van der Waals surface area contributed by atoms with E-state index in [1.165, 1.54) is 24.5 Å². The lowest BCUT2D eigenvalue weighted by Gasteiger charge is -2.03. The van der Waals surface area contributed by atoms with Crippen molar-refractivity contribution < 1.29 is 13.3 Å². The smallest absolute Gasteiger partial charge is 0.272 e. The SMILES string of the molecule is O=c1[nH]ccc2c(-c3oncc3-c3cccc(F)c3F)c[nH]c12. The van der Waals surface area contributed by atoms with Crippen LogP contribution < -0.4 is 5.56 Å². The van der Waals surface area contributed by atoms with E-state index in [9.17, 15) is 13.6 Å². The second-order valence-corrected chi connectivity index (χ2v) is 4.97. The molecule has 1 aromatic carbocycles. The molecule has 0 bridgehead atoms. The van der Waals surface area contributed by atoms with Crippen molar-refractivity contribution in [1.82, 2.24) is 15.1 Å². The summed E-state index contributed by atoms with van der Waals surface area (Å²) >= 11 is 0. The number of hydrogen-bond donors (Lipinski definition) is 2. The normalized spacial score (nSPS) is 11.2. The summed E-state index contributed by atoms with van der Waals surface area (Å²) in [5.41, 5.74) is 0.974. The fourth-order valence-corrected chi connectivity index (χ4v) is 2.59. The minimum absolute atomic E-state index is 0.0421. The van der Waals surface area contributed by atoms with Crippen molar-refractivity contribution in [2.45, 2.75) is 0 Å². The molecule has 0 spiro atoms. The first kappa shape index (κ1) is 13.4. The van der Waals surface area contributed by atoms with Gasteiger partial charge >= 0.3 is 0 Å². The molecule has 5 nitrogen and oxygen atoms in total. The van der Waals surface area contributed by atoms with Gasteiger partial charge < -0.3 is 14.5 Å². The molecule has 0 aliphatic heterocycles. The molecular formula is C16H9F2N3O2. The molecule has 0 radical (unpaired) electrons. The molecule has 0 saturated heterocycles. The third-order valence-electron chi connectivity index (χ3n) is 3.67. The number of nitrogens with one attached hydrogen (secondary N) is 2. The molecule has 3 heterocycles. The topological polar surface area (TPSA) is 74.7 Å². The van der Waals surface area contributed by atoms with Gasteiger partial charge in [-0.25, -0.2) is 8.78 Å². The fourth-order valence-electron chi connectivity index (χ4n) is 2.59. The summed E-state index contributed by atoms with van der Waals surface area (Å²) in [7, 11) is 0. The zero-order chi connectivity index (χ0) is 16.0. The van der Waals surface area contributed by atoms with E-state index in [1.54, 1.807) is 12.3 Å². The summed E-state index contributed by atoms with van der Waals surface area (Å²) in [4.78, 5) is 17.2. The van der Waals surface area contributed by atoms with Crippen LogP contribution in [0.15, 0.2) is 52.2 Å². The van der Waals surface area contributed by atoms with E-state index in [1.807, 2.05) is 0 Å². The van der Waals surface area contributed by atoms with Crippen molar-refractivity contribution >= 4 is 10.9 Å². The fraction of sp³-hybridized carbons (Fsp3) is 0. The third kappa shape index (κ3) is 1.97. The van der Waals surface area contributed by atoms with Crippen LogP contribution in [-0.4, -0.2) is 15.1 Å². The highest BCUT2D eigenvalue weighted by atomic mass is 19.2. The van der Waals surface area contributed by atoms with Gasteiger partial charge in [-0.2, -0.15) is 0 Å². The van der Waals surface area contributed by atoms with Crippen LogP contribution in [0, 0.1) is 11.6 Å². The average molecular weight is 313 g/mol. The predicted molar refractivity (Wildman–Crippen MR) is 79.8 cm³/mol. The van der Waals surface area contributed by atoms with Crippen LogP contribution in [0.2, 0.25) is 0 Å². The molecule has 0 aliphatic carbocycles. The summed E-state index contributed by atoms with van der Waals surface area (Å²) in [6.45, 7) is 0. The van der Waals surface area contributed by atoms with Crippen LogP contribution in [0.3, 0.4) is 0 Å². The number of fused-ring (bicyclic) bond motifs is 1. The molecule has 4 aromatic rings. The second kappa shape index (κ2) is 4.91. The number of aromatic amines is 2. The van der Waals surface area contributed by atoms with Crippen LogP contribution in [0.5, 0.6) is 0 Å². The largest absolute Gasteiger partial charge is 0.356 e. The Bertz CT molecular complexity index is 1080. The Labute approximate surface area is 127 Å².